The molecule has 0 amide bonds. The molecule has 1 heterocycles. The minimum atomic E-state index is -1.22. The quantitative estimate of drug-likeness (QED) is 0.683. The SMILES string of the molecule is O=C([O-])c1ccc(N/N=C\c2cc(Cl)c3c(c2)OCCO3)cc1. The molecule has 1 aliphatic heterocycles. The van der Waals surface area contributed by atoms with Crippen molar-refractivity contribution in [2.45, 2.75) is 0 Å². The van der Waals surface area contributed by atoms with Gasteiger partial charge in [0.15, 0.2) is 11.5 Å². The van der Waals surface area contributed by atoms with E-state index in [1.54, 1.807) is 30.5 Å². The predicted octanol–water partition coefficient (Wildman–Crippen LogP) is 1.92. The number of hydrazone groups is 1. The molecule has 0 atom stereocenters. The van der Waals surface area contributed by atoms with Gasteiger partial charge in [-0.1, -0.05) is 23.7 Å². The molecule has 23 heavy (non-hydrogen) atoms. The molecule has 1 aliphatic rings. The van der Waals surface area contributed by atoms with Crippen LogP contribution in [0.5, 0.6) is 11.5 Å². The highest BCUT2D eigenvalue weighted by atomic mass is 35.5. The van der Waals surface area contributed by atoms with E-state index in [9.17, 15) is 9.90 Å². The highest BCUT2D eigenvalue weighted by Gasteiger charge is 2.15. The lowest BCUT2D eigenvalue weighted by Gasteiger charge is -2.19. The fourth-order valence-corrected chi connectivity index (χ4v) is 2.34. The lowest BCUT2D eigenvalue weighted by molar-refractivity contribution is -0.255. The van der Waals surface area contributed by atoms with Crippen LogP contribution in [0.1, 0.15) is 15.9 Å². The first-order valence-electron chi connectivity index (χ1n) is 6.83. The van der Waals surface area contributed by atoms with Crippen molar-refractivity contribution in [2.75, 3.05) is 18.6 Å². The van der Waals surface area contributed by atoms with Gasteiger partial charge in [0.2, 0.25) is 0 Å². The van der Waals surface area contributed by atoms with E-state index in [1.807, 2.05) is 0 Å². The molecular formula is C16H12ClN2O4-. The van der Waals surface area contributed by atoms with E-state index >= 15 is 0 Å². The maximum Gasteiger partial charge on any atom is 0.179 e. The Hall–Kier alpha value is -2.73. The summed E-state index contributed by atoms with van der Waals surface area (Å²) in [6.07, 6.45) is 1.58. The number of carboxylic acids is 1. The molecule has 0 radical (unpaired) electrons. The van der Waals surface area contributed by atoms with Gasteiger partial charge in [0, 0.05) is 0 Å². The molecule has 3 rings (SSSR count). The molecule has 0 saturated carbocycles. The van der Waals surface area contributed by atoms with Gasteiger partial charge >= 0.3 is 0 Å². The number of carbonyl (C=O) groups excluding carboxylic acids is 1. The third-order valence-corrected chi connectivity index (χ3v) is 3.43. The molecule has 0 bridgehead atoms. The van der Waals surface area contributed by atoms with E-state index < -0.39 is 5.97 Å². The molecule has 118 valence electrons. The predicted molar refractivity (Wildman–Crippen MR) is 84.4 cm³/mol. The smallest absolute Gasteiger partial charge is 0.179 e. The van der Waals surface area contributed by atoms with Gasteiger partial charge < -0.3 is 19.4 Å². The number of ether oxygens (including phenoxy) is 2. The second kappa shape index (κ2) is 6.58. The molecule has 0 spiro atoms. The Morgan fingerprint density at radius 2 is 1.96 bits per heavy atom. The average Bonchev–Trinajstić information content (AvgIpc) is 2.55. The maximum absolute atomic E-state index is 10.7. The summed E-state index contributed by atoms with van der Waals surface area (Å²) in [5.74, 6) is -0.0876. The van der Waals surface area contributed by atoms with E-state index in [2.05, 4.69) is 10.5 Å². The van der Waals surface area contributed by atoms with Crippen molar-refractivity contribution in [1.82, 2.24) is 0 Å². The number of fused-ring (bicyclic) bond motifs is 1. The Kier molecular flexibility index (Phi) is 4.34. The van der Waals surface area contributed by atoms with Crippen LogP contribution < -0.4 is 20.0 Å². The zero-order valence-electron chi connectivity index (χ0n) is 11.9. The van der Waals surface area contributed by atoms with Crippen LogP contribution in [0.3, 0.4) is 0 Å². The molecular weight excluding hydrogens is 320 g/mol. The van der Waals surface area contributed by atoms with Gasteiger partial charge in [-0.25, -0.2) is 0 Å². The van der Waals surface area contributed by atoms with Gasteiger partial charge in [-0.3, -0.25) is 5.43 Å². The fourth-order valence-electron chi connectivity index (χ4n) is 2.07. The van der Waals surface area contributed by atoms with E-state index in [-0.39, 0.29) is 5.56 Å². The molecule has 0 saturated heterocycles. The number of hydrogen-bond donors (Lipinski definition) is 1. The third kappa shape index (κ3) is 3.54. The number of carbonyl (C=O) groups is 1. The highest BCUT2D eigenvalue weighted by Crippen LogP contribution is 2.37. The molecule has 0 fully saturated rings. The summed E-state index contributed by atoms with van der Waals surface area (Å²) in [5, 5.41) is 15.2. The second-order valence-electron chi connectivity index (χ2n) is 4.76. The van der Waals surface area contributed by atoms with E-state index in [4.69, 9.17) is 21.1 Å². The summed E-state index contributed by atoms with van der Waals surface area (Å²) in [6.45, 7) is 0.955. The number of carboxylic acid groups (broad SMARTS) is 1. The van der Waals surface area contributed by atoms with Crippen LogP contribution in [0.15, 0.2) is 41.5 Å². The molecule has 2 aromatic carbocycles. The zero-order chi connectivity index (χ0) is 16.2. The summed E-state index contributed by atoms with van der Waals surface area (Å²) in [5.41, 5.74) is 4.31. The highest BCUT2D eigenvalue weighted by molar-refractivity contribution is 6.32. The number of anilines is 1. The Labute approximate surface area is 137 Å². The molecule has 0 unspecified atom stereocenters. The Morgan fingerprint density at radius 3 is 2.70 bits per heavy atom. The van der Waals surface area contributed by atoms with Gasteiger partial charge in [0.05, 0.1) is 22.9 Å². The molecule has 2 aromatic rings. The van der Waals surface area contributed by atoms with Gasteiger partial charge in [0.1, 0.15) is 13.2 Å². The molecule has 7 heteroatoms. The van der Waals surface area contributed by atoms with Crippen molar-refractivity contribution in [3.05, 3.63) is 52.5 Å². The normalized spacial score (nSPS) is 13.1. The summed E-state index contributed by atoms with van der Waals surface area (Å²) in [4.78, 5) is 10.7. The monoisotopic (exact) mass is 331 g/mol. The molecule has 1 N–H and O–H groups in total. The first-order chi connectivity index (χ1) is 11.1. The topological polar surface area (TPSA) is 83.0 Å². The Bertz CT molecular complexity index is 759. The standard InChI is InChI=1S/C16H13ClN2O4/c17-13-7-10(8-14-15(13)23-6-5-22-14)9-18-19-12-3-1-11(2-4-12)16(20)21/h1-4,7-9,19H,5-6H2,(H,20,21)/p-1/b18-9-. The van der Waals surface area contributed by atoms with Crippen molar-refractivity contribution in [1.29, 1.82) is 0 Å². The van der Waals surface area contributed by atoms with Gasteiger partial charge in [-0.2, -0.15) is 5.10 Å². The van der Waals surface area contributed by atoms with Crippen molar-refractivity contribution in [3.8, 4) is 11.5 Å². The van der Waals surface area contributed by atoms with Gasteiger partial charge in [0.25, 0.3) is 0 Å². The summed E-state index contributed by atoms with van der Waals surface area (Å²) < 4.78 is 10.9. The molecule has 6 nitrogen and oxygen atoms in total. The van der Waals surface area contributed by atoms with Crippen LogP contribution in [0.2, 0.25) is 5.02 Å². The number of nitrogens with one attached hydrogen (secondary N) is 1. The van der Waals surface area contributed by atoms with Crippen LogP contribution in [0.4, 0.5) is 5.69 Å². The number of benzene rings is 2. The van der Waals surface area contributed by atoms with Crippen LogP contribution in [0, 0.1) is 0 Å². The maximum atomic E-state index is 10.7. The third-order valence-electron chi connectivity index (χ3n) is 3.15. The summed E-state index contributed by atoms with van der Waals surface area (Å²) >= 11 is 6.14. The van der Waals surface area contributed by atoms with Crippen LogP contribution >= 0.6 is 11.6 Å². The Morgan fingerprint density at radius 1 is 1.22 bits per heavy atom. The lowest BCUT2D eigenvalue weighted by Crippen LogP contribution is -2.21. The van der Waals surface area contributed by atoms with Gasteiger partial charge in [-0.15, -0.1) is 0 Å². The van der Waals surface area contributed by atoms with Crippen molar-refractivity contribution in [3.63, 3.8) is 0 Å². The lowest BCUT2D eigenvalue weighted by atomic mass is 10.2. The van der Waals surface area contributed by atoms with Crippen LogP contribution in [-0.2, 0) is 0 Å². The first-order valence-corrected chi connectivity index (χ1v) is 7.21. The minimum Gasteiger partial charge on any atom is -0.545 e. The zero-order valence-corrected chi connectivity index (χ0v) is 12.7. The largest absolute Gasteiger partial charge is 0.545 e. The van der Waals surface area contributed by atoms with Crippen LogP contribution in [0.25, 0.3) is 0 Å². The van der Waals surface area contributed by atoms with E-state index in [1.165, 1.54) is 12.1 Å². The number of hydrogen-bond acceptors (Lipinski definition) is 6. The fraction of sp³-hybridized carbons (Fsp3) is 0.125. The number of rotatable bonds is 4. The number of nitrogens with zero attached hydrogens (tertiary/aromatic N) is 1. The minimum absolute atomic E-state index is 0.109. The summed E-state index contributed by atoms with van der Waals surface area (Å²) in [6, 6.07) is 9.57. The van der Waals surface area contributed by atoms with E-state index in [0.717, 1.165) is 5.56 Å². The first kappa shape index (κ1) is 15.2. The van der Waals surface area contributed by atoms with E-state index in [0.29, 0.717) is 35.4 Å². The Balaban J connectivity index is 1.70. The van der Waals surface area contributed by atoms with Gasteiger partial charge in [-0.05, 0) is 35.4 Å². The summed E-state index contributed by atoms with van der Waals surface area (Å²) in [7, 11) is 0. The molecule has 0 aliphatic carbocycles. The number of aromatic carboxylic acids is 1. The van der Waals surface area contributed by atoms with Crippen molar-refractivity contribution >= 4 is 29.5 Å². The van der Waals surface area contributed by atoms with Crippen molar-refractivity contribution < 1.29 is 19.4 Å². The van der Waals surface area contributed by atoms with Crippen molar-refractivity contribution in [2.24, 2.45) is 5.10 Å². The average molecular weight is 332 g/mol. The molecule has 0 aromatic heterocycles. The van der Waals surface area contributed by atoms with Crippen LogP contribution in [-0.4, -0.2) is 25.4 Å². The second-order valence-corrected chi connectivity index (χ2v) is 5.17. The number of halogens is 1.